The van der Waals surface area contributed by atoms with Crippen molar-refractivity contribution in [3.05, 3.63) is 0 Å². The van der Waals surface area contributed by atoms with E-state index >= 15 is 0 Å². The lowest BCUT2D eigenvalue weighted by atomic mass is 10.1. The van der Waals surface area contributed by atoms with E-state index in [1.54, 1.807) is 0 Å². The van der Waals surface area contributed by atoms with Crippen molar-refractivity contribution >= 4 is 18.3 Å². The van der Waals surface area contributed by atoms with E-state index in [4.69, 9.17) is 10.5 Å². The first-order valence-corrected chi connectivity index (χ1v) is 5.23. The first kappa shape index (κ1) is 14.7. The third-order valence-corrected chi connectivity index (χ3v) is 2.34. The molecule has 1 aliphatic heterocycles. The van der Waals surface area contributed by atoms with Gasteiger partial charge in [0.2, 0.25) is 5.91 Å². The highest BCUT2D eigenvalue weighted by Gasteiger charge is 2.23. The van der Waals surface area contributed by atoms with E-state index in [1.165, 1.54) is 0 Å². The maximum atomic E-state index is 11.7. The molecule has 1 atom stereocenters. The van der Waals surface area contributed by atoms with Gasteiger partial charge in [0.05, 0.1) is 12.7 Å². The summed E-state index contributed by atoms with van der Waals surface area (Å²) in [6.07, 6.45) is 0.650. The van der Waals surface area contributed by atoms with Crippen molar-refractivity contribution in [2.24, 2.45) is 11.7 Å². The number of hydrogen-bond donors (Lipinski definition) is 1. The SMILES string of the molecule is CC(C)CC(=O)N1CCOC(CN)C1.Cl. The normalized spacial score (nSPS) is 21.3. The summed E-state index contributed by atoms with van der Waals surface area (Å²) in [4.78, 5) is 13.6. The minimum Gasteiger partial charge on any atom is -0.373 e. The monoisotopic (exact) mass is 236 g/mol. The highest BCUT2D eigenvalue weighted by atomic mass is 35.5. The number of ether oxygens (including phenoxy) is 1. The lowest BCUT2D eigenvalue weighted by molar-refractivity contribution is -0.139. The summed E-state index contributed by atoms with van der Waals surface area (Å²) >= 11 is 0. The molecule has 0 saturated carbocycles. The number of morpholine rings is 1. The van der Waals surface area contributed by atoms with Crippen molar-refractivity contribution < 1.29 is 9.53 Å². The number of amides is 1. The van der Waals surface area contributed by atoms with Crippen molar-refractivity contribution in [3.63, 3.8) is 0 Å². The second kappa shape index (κ2) is 7.04. The van der Waals surface area contributed by atoms with Gasteiger partial charge in [-0.05, 0) is 5.92 Å². The average Bonchev–Trinajstić information content (AvgIpc) is 2.17. The Kier molecular flexibility index (Phi) is 6.89. The number of carbonyl (C=O) groups excluding carboxylic acids is 1. The maximum Gasteiger partial charge on any atom is 0.222 e. The van der Waals surface area contributed by atoms with Gasteiger partial charge in [0.25, 0.3) is 0 Å². The molecule has 2 N–H and O–H groups in total. The van der Waals surface area contributed by atoms with Crippen molar-refractivity contribution in [1.29, 1.82) is 0 Å². The summed E-state index contributed by atoms with van der Waals surface area (Å²) in [5, 5.41) is 0. The van der Waals surface area contributed by atoms with E-state index in [0.717, 1.165) is 0 Å². The molecule has 1 saturated heterocycles. The molecule has 0 aromatic carbocycles. The molecular weight excluding hydrogens is 216 g/mol. The molecule has 1 unspecified atom stereocenters. The highest BCUT2D eigenvalue weighted by Crippen LogP contribution is 2.09. The summed E-state index contributed by atoms with van der Waals surface area (Å²) in [6, 6.07) is 0. The van der Waals surface area contributed by atoms with Gasteiger partial charge in [0.15, 0.2) is 0 Å². The van der Waals surface area contributed by atoms with Crippen LogP contribution >= 0.6 is 12.4 Å². The topological polar surface area (TPSA) is 55.6 Å². The van der Waals surface area contributed by atoms with Gasteiger partial charge in [-0.25, -0.2) is 0 Å². The molecule has 1 heterocycles. The third-order valence-electron chi connectivity index (χ3n) is 2.34. The maximum absolute atomic E-state index is 11.7. The molecule has 0 bridgehead atoms. The molecule has 1 rings (SSSR count). The molecule has 0 spiro atoms. The van der Waals surface area contributed by atoms with Crippen molar-refractivity contribution in [3.8, 4) is 0 Å². The number of halogens is 1. The minimum absolute atomic E-state index is 0. The van der Waals surface area contributed by atoms with Crippen LogP contribution in [0.5, 0.6) is 0 Å². The highest BCUT2D eigenvalue weighted by molar-refractivity contribution is 5.85. The first-order chi connectivity index (χ1) is 6.63. The van der Waals surface area contributed by atoms with E-state index in [1.807, 2.05) is 4.90 Å². The Morgan fingerprint density at radius 3 is 2.80 bits per heavy atom. The van der Waals surface area contributed by atoms with E-state index in [9.17, 15) is 4.79 Å². The first-order valence-electron chi connectivity index (χ1n) is 5.23. The van der Waals surface area contributed by atoms with Gasteiger partial charge in [-0.2, -0.15) is 0 Å². The Bertz CT molecular complexity index is 200. The van der Waals surface area contributed by atoms with Crippen LogP contribution in [0.1, 0.15) is 20.3 Å². The lowest BCUT2D eigenvalue weighted by Crippen LogP contribution is -2.48. The van der Waals surface area contributed by atoms with Gasteiger partial charge in [-0.3, -0.25) is 4.79 Å². The molecule has 0 aliphatic carbocycles. The second-order valence-electron chi connectivity index (χ2n) is 4.17. The molecule has 1 amide bonds. The van der Waals surface area contributed by atoms with Crippen LogP contribution < -0.4 is 5.73 Å². The van der Waals surface area contributed by atoms with E-state index in [-0.39, 0.29) is 24.4 Å². The minimum atomic E-state index is 0. The van der Waals surface area contributed by atoms with Gasteiger partial charge in [0.1, 0.15) is 0 Å². The van der Waals surface area contributed by atoms with E-state index in [0.29, 0.717) is 38.6 Å². The van der Waals surface area contributed by atoms with Gasteiger partial charge in [-0.15, -0.1) is 12.4 Å². The number of rotatable bonds is 3. The van der Waals surface area contributed by atoms with Gasteiger partial charge >= 0.3 is 0 Å². The number of nitrogens with two attached hydrogens (primary N) is 1. The quantitative estimate of drug-likeness (QED) is 0.783. The standard InChI is InChI=1S/C10H20N2O2.ClH/c1-8(2)5-10(13)12-3-4-14-9(6-11)7-12;/h8-9H,3-7,11H2,1-2H3;1H. The molecule has 4 nitrogen and oxygen atoms in total. The molecule has 90 valence electrons. The largest absolute Gasteiger partial charge is 0.373 e. The summed E-state index contributed by atoms with van der Waals surface area (Å²) in [5.74, 6) is 0.642. The predicted molar refractivity (Wildman–Crippen MR) is 62.1 cm³/mol. The second-order valence-corrected chi connectivity index (χ2v) is 4.17. The molecule has 5 heteroatoms. The Morgan fingerprint density at radius 2 is 2.27 bits per heavy atom. The zero-order chi connectivity index (χ0) is 10.6. The summed E-state index contributed by atoms with van der Waals surface area (Å²) < 4.78 is 5.39. The Balaban J connectivity index is 0.00000196. The molecule has 1 fully saturated rings. The average molecular weight is 237 g/mol. The smallest absolute Gasteiger partial charge is 0.222 e. The lowest BCUT2D eigenvalue weighted by Gasteiger charge is -2.32. The van der Waals surface area contributed by atoms with Gasteiger partial charge < -0.3 is 15.4 Å². The van der Waals surface area contributed by atoms with Crippen LogP contribution in [-0.2, 0) is 9.53 Å². The van der Waals surface area contributed by atoms with Crippen LogP contribution in [0.2, 0.25) is 0 Å². The summed E-state index contributed by atoms with van der Waals surface area (Å²) in [5.41, 5.74) is 5.50. The van der Waals surface area contributed by atoms with Crippen molar-refractivity contribution in [2.45, 2.75) is 26.4 Å². The fraction of sp³-hybridized carbons (Fsp3) is 0.900. The van der Waals surface area contributed by atoms with E-state index in [2.05, 4.69) is 13.8 Å². The van der Waals surface area contributed by atoms with Crippen LogP contribution in [0.4, 0.5) is 0 Å². The summed E-state index contributed by atoms with van der Waals surface area (Å²) in [7, 11) is 0. The van der Waals surface area contributed by atoms with Crippen LogP contribution in [0.25, 0.3) is 0 Å². The van der Waals surface area contributed by atoms with Crippen LogP contribution in [0.15, 0.2) is 0 Å². The van der Waals surface area contributed by atoms with E-state index < -0.39 is 0 Å². The fourth-order valence-electron chi connectivity index (χ4n) is 1.57. The van der Waals surface area contributed by atoms with Crippen LogP contribution in [-0.4, -0.2) is 43.2 Å². The molecule has 0 radical (unpaired) electrons. The predicted octanol–water partition coefficient (Wildman–Crippen LogP) is 0.640. The van der Waals surface area contributed by atoms with Crippen molar-refractivity contribution in [1.82, 2.24) is 4.90 Å². The molecule has 0 aromatic heterocycles. The zero-order valence-corrected chi connectivity index (χ0v) is 10.3. The Morgan fingerprint density at radius 1 is 1.60 bits per heavy atom. The Labute approximate surface area is 97.5 Å². The van der Waals surface area contributed by atoms with Gasteiger partial charge in [-0.1, -0.05) is 13.8 Å². The number of nitrogens with zero attached hydrogens (tertiary/aromatic N) is 1. The third kappa shape index (κ3) is 4.82. The van der Waals surface area contributed by atoms with Crippen LogP contribution in [0.3, 0.4) is 0 Å². The fourth-order valence-corrected chi connectivity index (χ4v) is 1.57. The Hall–Kier alpha value is -0.320. The van der Waals surface area contributed by atoms with Gasteiger partial charge in [0, 0.05) is 26.1 Å². The molecule has 0 aromatic rings. The summed E-state index contributed by atoms with van der Waals surface area (Å²) in [6.45, 7) is 6.58. The number of carbonyl (C=O) groups is 1. The molecule has 15 heavy (non-hydrogen) atoms. The number of hydrogen-bond acceptors (Lipinski definition) is 3. The molecular formula is C10H21ClN2O2. The van der Waals surface area contributed by atoms with Crippen molar-refractivity contribution in [2.75, 3.05) is 26.2 Å². The van der Waals surface area contributed by atoms with Crippen LogP contribution in [0, 0.1) is 5.92 Å². The zero-order valence-electron chi connectivity index (χ0n) is 9.44. The molecule has 1 aliphatic rings.